The van der Waals surface area contributed by atoms with Crippen molar-refractivity contribution in [2.24, 2.45) is 0 Å². The summed E-state index contributed by atoms with van der Waals surface area (Å²) in [6.07, 6.45) is 1.06. The Hall–Kier alpha value is -2.48. The molecule has 2 rings (SSSR count). The van der Waals surface area contributed by atoms with Crippen LogP contribution in [0.2, 0.25) is 0 Å². The van der Waals surface area contributed by atoms with Gasteiger partial charge in [0.2, 0.25) is 5.91 Å². The molecule has 0 atom stereocenters. The second kappa shape index (κ2) is 6.74. The molecule has 8 heteroatoms. The highest BCUT2D eigenvalue weighted by molar-refractivity contribution is 7.90. The minimum Gasteiger partial charge on any atom is -0.376 e. The van der Waals surface area contributed by atoms with Gasteiger partial charge in [-0.3, -0.25) is 4.79 Å². The number of carbonyl (C=O) groups excluding carboxylic acids is 1. The molecule has 2 N–H and O–H groups in total. The number of anilines is 2. The Kier molecular flexibility index (Phi) is 4.95. The highest BCUT2D eigenvalue weighted by atomic mass is 32.2. The van der Waals surface area contributed by atoms with Crippen molar-refractivity contribution in [1.29, 1.82) is 0 Å². The first-order valence-corrected chi connectivity index (χ1v) is 8.43. The highest BCUT2D eigenvalue weighted by Gasteiger charge is 2.09. The highest BCUT2D eigenvalue weighted by Crippen LogP contribution is 2.16. The predicted molar refractivity (Wildman–Crippen MR) is 83.0 cm³/mol. The lowest BCUT2D eigenvalue weighted by atomic mass is 10.3. The van der Waals surface area contributed by atoms with Crippen LogP contribution in [0.1, 0.15) is 0 Å². The number of halogens is 2. The molecule has 0 fully saturated rings. The van der Waals surface area contributed by atoms with Gasteiger partial charge >= 0.3 is 0 Å². The molecule has 122 valence electrons. The minimum absolute atomic E-state index is 0.0791. The van der Waals surface area contributed by atoms with Crippen molar-refractivity contribution in [2.75, 3.05) is 23.4 Å². The van der Waals surface area contributed by atoms with Gasteiger partial charge in [0.05, 0.1) is 11.4 Å². The molecule has 0 unspecified atom stereocenters. The maximum atomic E-state index is 13.0. The van der Waals surface area contributed by atoms with E-state index >= 15 is 0 Å². The molecule has 1 amide bonds. The van der Waals surface area contributed by atoms with E-state index in [4.69, 9.17) is 0 Å². The first-order chi connectivity index (χ1) is 10.7. The van der Waals surface area contributed by atoms with Gasteiger partial charge in [0.1, 0.15) is 11.6 Å². The summed E-state index contributed by atoms with van der Waals surface area (Å²) in [6.45, 7) is -0.230. The third-order valence-corrected chi connectivity index (χ3v) is 3.97. The molecule has 0 aliphatic carbocycles. The first kappa shape index (κ1) is 16.9. The number of nitrogens with one attached hydrogen (secondary N) is 2. The van der Waals surface area contributed by atoms with Crippen LogP contribution in [0, 0.1) is 11.6 Å². The lowest BCUT2D eigenvalue weighted by Crippen LogP contribution is -2.22. The zero-order valence-corrected chi connectivity index (χ0v) is 13.0. The van der Waals surface area contributed by atoms with Gasteiger partial charge in [-0.2, -0.15) is 0 Å². The van der Waals surface area contributed by atoms with E-state index in [2.05, 4.69) is 10.6 Å². The summed E-state index contributed by atoms with van der Waals surface area (Å²) < 4.78 is 48.9. The number of hydrogen-bond acceptors (Lipinski definition) is 4. The summed E-state index contributed by atoms with van der Waals surface area (Å²) in [5, 5.41) is 5.08. The summed E-state index contributed by atoms with van der Waals surface area (Å²) >= 11 is 0. The van der Waals surface area contributed by atoms with E-state index in [9.17, 15) is 22.0 Å². The van der Waals surface area contributed by atoms with Crippen molar-refractivity contribution < 1.29 is 22.0 Å². The Morgan fingerprint density at radius 1 is 1.04 bits per heavy atom. The summed E-state index contributed by atoms with van der Waals surface area (Å²) in [5.74, 6) is -2.00. The summed E-state index contributed by atoms with van der Waals surface area (Å²) in [4.78, 5) is 11.9. The van der Waals surface area contributed by atoms with E-state index in [-0.39, 0.29) is 17.1 Å². The molecule has 0 aliphatic heterocycles. The number of amides is 1. The smallest absolute Gasteiger partial charge is 0.243 e. The fourth-order valence-corrected chi connectivity index (χ4v) is 2.51. The van der Waals surface area contributed by atoms with Crippen molar-refractivity contribution >= 4 is 27.1 Å². The van der Waals surface area contributed by atoms with Gasteiger partial charge in [-0.15, -0.1) is 0 Å². The van der Waals surface area contributed by atoms with Gasteiger partial charge in [0, 0.05) is 23.7 Å². The molecule has 0 saturated carbocycles. The van der Waals surface area contributed by atoms with Gasteiger partial charge in [0.25, 0.3) is 0 Å². The Morgan fingerprint density at radius 2 is 1.70 bits per heavy atom. The largest absolute Gasteiger partial charge is 0.376 e. The lowest BCUT2D eigenvalue weighted by Gasteiger charge is -2.09. The van der Waals surface area contributed by atoms with E-state index in [0.29, 0.717) is 5.69 Å². The second-order valence-corrected chi connectivity index (χ2v) is 6.88. The topological polar surface area (TPSA) is 75.3 Å². The minimum atomic E-state index is -3.38. The monoisotopic (exact) mass is 340 g/mol. The zero-order valence-electron chi connectivity index (χ0n) is 12.1. The van der Waals surface area contributed by atoms with Crippen molar-refractivity contribution in [2.45, 2.75) is 4.90 Å². The van der Waals surface area contributed by atoms with Crippen LogP contribution in [0.3, 0.4) is 0 Å². The van der Waals surface area contributed by atoms with Crippen LogP contribution in [-0.2, 0) is 14.6 Å². The summed E-state index contributed by atoms with van der Waals surface area (Å²) in [7, 11) is -3.38. The Morgan fingerprint density at radius 3 is 2.30 bits per heavy atom. The average Bonchev–Trinajstić information content (AvgIpc) is 2.43. The SMILES string of the molecule is CS(=O)(=O)c1cccc(NC(=O)CNc2cc(F)cc(F)c2)c1. The molecule has 2 aromatic carbocycles. The normalized spacial score (nSPS) is 11.1. The van der Waals surface area contributed by atoms with Crippen molar-refractivity contribution in [3.63, 3.8) is 0 Å². The molecule has 0 aromatic heterocycles. The Balaban J connectivity index is 2.00. The molecular weight excluding hydrogens is 326 g/mol. The van der Waals surface area contributed by atoms with Gasteiger partial charge in [-0.25, -0.2) is 17.2 Å². The van der Waals surface area contributed by atoms with E-state index in [0.717, 1.165) is 24.5 Å². The van der Waals surface area contributed by atoms with Crippen LogP contribution < -0.4 is 10.6 Å². The van der Waals surface area contributed by atoms with Crippen LogP contribution >= 0.6 is 0 Å². The summed E-state index contributed by atoms with van der Waals surface area (Å²) in [5.41, 5.74) is 0.438. The second-order valence-electron chi connectivity index (χ2n) is 4.86. The van der Waals surface area contributed by atoms with E-state index in [1.54, 1.807) is 0 Å². The van der Waals surface area contributed by atoms with Gasteiger partial charge in [0.15, 0.2) is 9.84 Å². The number of rotatable bonds is 5. The van der Waals surface area contributed by atoms with Crippen LogP contribution in [-0.4, -0.2) is 27.1 Å². The first-order valence-electron chi connectivity index (χ1n) is 6.54. The van der Waals surface area contributed by atoms with Crippen LogP contribution in [0.25, 0.3) is 0 Å². The lowest BCUT2D eigenvalue weighted by molar-refractivity contribution is -0.114. The van der Waals surface area contributed by atoms with Gasteiger partial charge in [-0.05, 0) is 30.3 Å². The maximum absolute atomic E-state index is 13.0. The summed E-state index contributed by atoms with van der Waals surface area (Å²) in [6, 6.07) is 8.62. The third kappa shape index (κ3) is 5.03. The molecule has 2 aromatic rings. The van der Waals surface area contributed by atoms with Gasteiger partial charge in [-0.1, -0.05) is 6.07 Å². The number of benzene rings is 2. The Labute approximate surface area is 132 Å². The molecule has 0 radical (unpaired) electrons. The van der Waals surface area contributed by atoms with Crippen molar-refractivity contribution in [3.8, 4) is 0 Å². The molecule has 0 saturated heterocycles. The van der Waals surface area contributed by atoms with Crippen LogP contribution in [0.15, 0.2) is 47.4 Å². The van der Waals surface area contributed by atoms with Crippen LogP contribution in [0.4, 0.5) is 20.2 Å². The van der Waals surface area contributed by atoms with E-state index < -0.39 is 27.4 Å². The molecule has 0 aliphatic rings. The average molecular weight is 340 g/mol. The third-order valence-electron chi connectivity index (χ3n) is 2.86. The predicted octanol–water partition coefficient (Wildman–Crippen LogP) is 2.42. The number of hydrogen-bond donors (Lipinski definition) is 2. The molecular formula is C15H14F2N2O3S. The molecule has 5 nitrogen and oxygen atoms in total. The molecule has 0 spiro atoms. The van der Waals surface area contributed by atoms with E-state index in [1.807, 2.05) is 0 Å². The standard InChI is InChI=1S/C15H14F2N2O3S/c1-23(21,22)14-4-2-3-12(8-14)19-15(20)9-18-13-6-10(16)5-11(17)7-13/h2-8,18H,9H2,1H3,(H,19,20). The van der Waals surface area contributed by atoms with E-state index in [1.165, 1.54) is 24.3 Å². The fourth-order valence-electron chi connectivity index (χ4n) is 1.85. The molecule has 23 heavy (non-hydrogen) atoms. The van der Waals surface area contributed by atoms with Gasteiger partial charge < -0.3 is 10.6 Å². The maximum Gasteiger partial charge on any atom is 0.243 e. The van der Waals surface area contributed by atoms with Crippen molar-refractivity contribution in [3.05, 3.63) is 54.1 Å². The fraction of sp³-hybridized carbons (Fsp3) is 0.133. The molecule has 0 heterocycles. The number of sulfone groups is 1. The Bertz CT molecular complexity index is 818. The number of carbonyl (C=O) groups is 1. The van der Waals surface area contributed by atoms with Crippen molar-refractivity contribution in [1.82, 2.24) is 0 Å². The zero-order chi connectivity index (χ0) is 17.0. The quantitative estimate of drug-likeness (QED) is 0.876. The molecule has 0 bridgehead atoms. The van der Waals surface area contributed by atoms with Crippen LogP contribution in [0.5, 0.6) is 0 Å².